The van der Waals surface area contributed by atoms with Gasteiger partial charge in [-0.05, 0) is 6.07 Å². The van der Waals surface area contributed by atoms with Crippen LogP contribution in [0.3, 0.4) is 0 Å². The van der Waals surface area contributed by atoms with E-state index in [4.69, 9.17) is 10.00 Å². The van der Waals surface area contributed by atoms with E-state index in [1.807, 2.05) is 4.90 Å². The van der Waals surface area contributed by atoms with E-state index < -0.39 is 0 Å². The van der Waals surface area contributed by atoms with E-state index in [-0.39, 0.29) is 11.9 Å². The zero-order chi connectivity index (χ0) is 13.0. The molecule has 1 heterocycles. The van der Waals surface area contributed by atoms with Gasteiger partial charge in [0.2, 0.25) is 0 Å². The van der Waals surface area contributed by atoms with Gasteiger partial charge in [-0.15, -0.1) is 0 Å². The molecule has 0 spiro atoms. The monoisotopic (exact) mass is 249 g/mol. The number of hydrogen-bond acceptors (Lipinski definition) is 4. The van der Waals surface area contributed by atoms with Crippen LogP contribution in [0.1, 0.15) is 5.56 Å². The van der Waals surface area contributed by atoms with E-state index >= 15 is 0 Å². The van der Waals surface area contributed by atoms with E-state index in [0.29, 0.717) is 24.4 Å². The molecule has 1 aliphatic rings. The van der Waals surface area contributed by atoms with Crippen LogP contribution in [0.4, 0.5) is 4.39 Å². The molecule has 0 bridgehead atoms. The fourth-order valence-electron chi connectivity index (χ4n) is 2.06. The first kappa shape index (κ1) is 12.8. The second kappa shape index (κ2) is 5.80. The summed E-state index contributed by atoms with van der Waals surface area (Å²) in [6.07, 6.45) is 0. The van der Waals surface area contributed by atoms with Crippen LogP contribution < -0.4 is 10.1 Å². The maximum absolute atomic E-state index is 13.8. The van der Waals surface area contributed by atoms with Crippen LogP contribution in [-0.4, -0.2) is 37.7 Å². The van der Waals surface area contributed by atoms with Gasteiger partial charge in [0.05, 0.1) is 13.2 Å². The first-order chi connectivity index (χ1) is 8.74. The number of nitriles is 1. The van der Waals surface area contributed by atoms with Crippen molar-refractivity contribution in [2.24, 2.45) is 0 Å². The standard InChI is InChI=1S/C13H16FN3O/c1-18-12-3-2-10(13(14)6-12)9-17-5-4-16-8-11(17)7-15/h2-3,6,11,16H,4-5,8-9H2,1H3. The number of nitrogens with zero attached hydrogens (tertiary/aromatic N) is 2. The fraction of sp³-hybridized carbons (Fsp3) is 0.462. The molecule has 4 nitrogen and oxygen atoms in total. The molecule has 0 radical (unpaired) electrons. The van der Waals surface area contributed by atoms with E-state index in [1.165, 1.54) is 13.2 Å². The average Bonchev–Trinajstić information content (AvgIpc) is 2.41. The molecule has 0 aliphatic carbocycles. The summed E-state index contributed by atoms with van der Waals surface area (Å²) in [4.78, 5) is 1.99. The van der Waals surface area contributed by atoms with Crippen LogP contribution in [0.25, 0.3) is 0 Å². The predicted molar refractivity (Wildman–Crippen MR) is 65.6 cm³/mol. The highest BCUT2D eigenvalue weighted by Crippen LogP contribution is 2.18. The van der Waals surface area contributed by atoms with Gasteiger partial charge in [0, 0.05) is 37.8 Å². The van der Waals surface area contributed by atoms with Gasteiger partial charge in [-0.3, -0.25) is 4.90 Å². The molecule has 0 amide bonds. The molecular weight excluding hydrogens is 233 g/mol. The number of ether oxygens (including phenoxy) is 1. The molecule has 1 aromatic carbocycles. The number of hydrogen-bond donors (Lipinski definition) is 1. The predicted octanol–water partition coefficient (Wildman–Crippen LogP) is 1.13. The lowest BCUT2D eigenvalue weighted by Gasteiger charge is -2.31. The van der Waals surface area contributed by atoms with Gasteiger partial charge in [0.1, 0.15) is 17.6 Å². The van der Waals surface area contributed by atoms with Crippen molar-refractivity contribution in [2.75, 3.05) is 26.7 Å². The molecule has 18 heavy (non-hydrogen) atoms. The Morgan fingerprint density at radius 1 is 1.61 bits per heavy atom. The Hall–Kier alpha value is -1.64. The minimum absolute atomic E-state index is 0.194. The van der Waals surface area contributed by atoms with Gasteiger partial charge < -0.3 is 10.1 Å². The molecule has 1 unspecified atom stereocenters. The Morgan fingerprint density at radius 2 is 2.44 bits per heavy atom. The third-order valence-corrected chi connectivity index (χ3v) is 3.14. The lowest BCUT2D eigenvalue weighted by Crippen LogP contribution is -2.50. The van der Waals surface area contributed by atoms with Gasteiger partial charge in [-0.25, -0.2) is 4.39 Å². The number of nitrogens with one attached hydrogen (secondary N) is 1. The maximum atomic E-state index is 13.8. The smallest absolute Gasteiger partial charge is 0.131 e. The Balaban J connectivity index is 2.11. The summed E-state index contributed by atoms with van der Waals surface area (Å²) in [7, 11) is 1.51. The first-order valence-electron chi connectivity index (χ1n) is 5.91. The Bertz CT molecular complexity index is 458. The number of halogens is 1. The normalized spacial score (nSPS) is 20.4. The lowest BCUT2D eigenvalue weighted by molar-refractivity contribution is 0.187. The van der Waals surface area contributed by atoms with Crippen molar-refractivity contribution in [1.29, 1.82) is 5.26 Å². The summed E-state index contributed by atoms with van der Waals surface area (Å²) in [5, 5.41) is 12.2. The third-order valence-electron chi connectivity index (χ3n) is 3.14. The average molecular weight is 249 g/mol. The largest absolute Gasteiger partial charge is 0.497 e. The molecule has 1 aromatic rings. The maximum Gasteiger partial charge on any atom is 0.131 e. The summed E-state index contributed by atoms with van der Waals surface area (Å²) >= 11 is 0. The van der Waals surface area contributed by atoms with Gasteiger partial charge in [-0.1, -0.05) is 6.07 Å². The zero-order valence-corrected chi connectivity index (χ0v) is 10.3. The molecule has 2 rings (SSSR count). The van der Waals surface area contributed by atoms with Gasteiger partial charge >= 0.3 is 0 Å². The van der Waals surface area contributed by atoms with E-state index in [2.05, 4.69) is 11.4 Å². The van der Waals surface area contributed by atoms with Crippen LogP contribution in [0, 0.1) is 17.1 Å². The molecule has 5 heteroatoms. The summed E-state index contributed by atoms with van der Waals surface area (Å²) in [5.41, 5.74) is 0.595. The highest BCUT2D eigenvalue weighted by Gasteiger charge is 2.22. The molecule has 0 saturated carbocycles. The van der Waals surface area contributed by atoms with Gasteiger partial charge in [0.15, 0.2) is 0 Å². The van der Waals surface area contributed by atoms with Crippen LogP contribution >= 0.6 is 0 Å². The first-order valence-corrected chi connectivity index (χ1v) is 5.91. The number of methoxy groups -OCH3 is 1. The fourth-order valence-corrected chi connectivity index (χ4v) is 2.06. The summed E-state index contributed by atoms with van der Waals surface area (Å²) < 4.78 is 18.8. The summed E-state index contributed by atoms with van der Waals surface area (Å²) in [5.74, 6) is 0.220. The molecule has 1 fully saturated rings. The second-order valence-electron chi connectivity index (χ2n) is 4.28. The van der Waals surface area contributed by atoms with Crippen LogP contribution in [0.15, 0.2) is 18.2 Å². The minimum atomic E-state index is -0.287. The summed E-state index contributed by atoms with van der Waals surface area (Å²) in [6.45, 7) is 2.67. The number of rotatable bonds is 3. The van der Waals surface area contributed by atoms with Crippen molar-refractivity contribution in [3.63, 3.8) is 0 Å². The number of piperazine rings is 1. The minimum Gasteiger partial charge on any atom is -0.497 e. The van der Waals surface area contributed by atoms with Gasteiger partial charge in [-0.2, -0.15) is 5.26 Å². The highest BCUT2D eigenvalue weighted by atomic mass is 19.1. The second-order valence-corrected chi connectivity index (χ2v) is 4.28. The van der Waals surface area contributed by atoms with E-state index in [0.717, 1.165) is 13.1 Å². The topological polar surface area (TPSA) is 48.3 Å². The van der Waals surface area contributed by atoms with E-state index in [1.54, 1.807) is 12.1 Å². The molecule has 1 aliphatic heterocycles. The third kappa shape index (κ3) is 2.78. The van der Waals surface area contributed by atoms with Crippen molar-refractivity contribution in [2.45, 2.75) is 12.6 Å². The zero-order valence-electron chi connectivity index (χ0n) is 10.3. The quantitative estimate of drug-likeness (QED) is 0.872. The summed E-state index contributed by atoms with van der Waals surface area (Å²) in [6, 6.07) is 6.86. The van der Waals surface area contributed by atoms with Crippen molar-refractivity contribution in [3.8, 4) is 11.8 Å². The Kier molecular flexibility index (Phi) is 4.13. The van der Waals surface area contributed by atoms with Crippen molar-refractivity contribution >= 4 is 0 Å². The Labute approximate surface area is 106 Å². The van der Waals surface area contributed by atoms with Gasteiger partial charge in [0.25, 0.3) is 0 Å². The Morgan fingerprint density at radius 3 is 3.11 bits per heavy atom. The van der Waals surface area contributed by atoms with Crippen molar-refractivity contribution in [1.82, 2.24) is 10.2 Å². The van der Waals surface area contributed by atoms with Crippen LogP contribution in [0.2, 0.25) is 0 Å². The molecule has 1 saturated heterocycles. The SMILES string of the molecule is COc1ccc(CN2CCNCC2C#N)c(F)c1. The van der Waals surface area contributed by atoms with Crippen molar-refractivity contribution < 1.29 is 9.13 Å². The van der Waals surface area contributed by atoms with Crippen LogP contribution in [-0.2, 0) is 6.54 Å². The molecule has 0 aromatic heterocycles. The highest BCUT2D eigenvalue weighted by molar-refractivity contribution is 5.29. The van der Waals surface area contributed by atoms with Crippen LogP contribution in [0.5, 0.6) is 5.75 Å². The lowest BCUT2D eigenvalue weighted by atomic mass is 10.1. The number of benzene rings is 1. The molecule has 1 atom stereocenters. The molecular formula is C13H16FN3O. The molecule has 96 valence electrons. The van der Waals surface area contributed by atoms with Crippen molar-refractivity contribution in [3.05, 3.63) is 29.6 Å². The molecule has 1 N–H and O–H groups in total. The van der Waals surface area contributed by atoms with E-state index in [9.17, 15) is 4.39 Å².